The van der Waals surface area contributed by atoms with Crippen molar-refractivity contribution in [2.75, 3.05) is 11.9 Å². The Labute approximate surface area is 200 Å². The third-order valence-electron chi connectivity index (χ3n) is 9.06. The van der Waals surface area contributed by atoms with E-state index in [-0.39, 0.29) is 23.4 Å². The molecule has 3 amide bonds. The number of pyridine rings is 1. The third-order valence-corrected chi connectivity index (χ3v) is 9.35. The largest absolute Gasteiger partial charge is 0.450 e. The maximum atomic E-state index is 13.6. The van der Waals surface area contributed by atoms with Gasteiger partial charge in [-0.3, -0.25) is 9.78 Å². The van der Waals surface area contributed by atoms with Crippen LogP contribution >= 0.6 is 11.6 Å². The number of benzene rings is 1. The summed E-state index contributed by atoms with van der Waals surface area (Å²) >= 11 is 6.64. The molecule has 7 nitrogen and oxygen atoms in total. The van der Waals surface area contributed by atoms with E-state index < -0.39 is 5.54 Å². The van der Waals surface area contributed by atoms with E-state index in [1.54, 1.807) is 6.07 Å². The highest BCUT2D eigenvalue weighted by Gasteiger charge is 2.94. The molecule has 1 aromatic carbocycles. The van der Waals surface area contributed by atoms with Crippen molar-refractivity contribution in [1.29, 1.82) is 0 Å². The molecule has 34 heavy (non-hydrogen) atoms. The van der Waals surface area contributed by atoms with Crippen LogP contribution in [0.5, 0.6) is 0 Å². The maximum absolute atomic E-state index is 13.6. The molecule has 3 aliphatic heterocycles. The first-order valence-electron chi connectivity index (χ1n) is 12.1. The summed E-state index contributed by atoms with van der Waals surface area (Å²) < 4.78 is 6.32. The fourth-order valence-electron chi connectivity index (χ4n) is 7.56. The highest BCUT2D eigenvalue weighted by atomic mass is 35.5. The van der Waals surface area contributed by atoms with Crippen LogP contribution in [0.3, 0.4) is 0 Å². The van der Waals surface area contributed by atoms with Gasteiger partial charge in [-0.2, -0.15) is 0 Å². The van der Waals surface area contributed by atoms with E-state index in [1.165, 1.54) is 0 Å². The van der Waals surface area contributed by atoms with Gasteiger partial charge in [0.15, 0.2) is 5.76 Å². The number of amides is 3. The highest BCUT2D eigenvalue weighted by molar-refractivity contribution is 6.35. The van der Waals surface area contributed by atoms with Crippen molar-refractivity contribution in [3.05, 3.63) is 58.6 Å². The van der Waals surface area contributed by atoms with Crippen LogP contribution < -0.4 is 10.6 Å². The monoisotopic (exact) mass is 474 g/mol. The number of piperidine rings is 1. The molecule has 2 aromatic heterocycles. The summed E-state index contributed by atoms with van der Waals surface area (Å²) in [4.78, 5) is 32.7. The smallest absolute Gasteiger partial charge is 0.319 e. The number of hydrogen-bond donors (Lipinski definition) is 2. The molecule has 3 aromatic rings. The molecule has 3 aliphatic carbocycles. The first-order chi connectivity index (χ1) is 16.5. The molecular formula is C26H23ClN4O3. The molecule has 2 N–H and O–H groups in total. The Morgan fingerprint density at radius 3 is 2.82 bits per heavy atom. The molecule has 172 valence electrons. The number of hydrogen-bond acceptors (Lipinski definition) is 4. The summed E-state index contributed by atoms with van der Waals surface area (Å²) in [6, 6.07) is 9.63. The number of halogens is 1. The molecule has 5 fully saturated rings. The Hall–Kier alpha value is -3.06. The van der Waals surface area contributed by atoms with Gasteiger partial charge in [-0.25, -0.2) is 4.79 Å². The summed E-state index contributed by atoms with van der Waals surface area (Å²) in [5.41, 5.74) is 2.79. The Balaban J connectivity index is 1.19. The molecule has 1 unspecified atom stereocenters. The van der Waals surface area contributed by atoms with E-state index in [9.17, 15) is 9.59 Å². The van der Waals surface area contributed by atoms with Gasteiger partial charge in [0.05, 0.1) is 16.2 Å². The molecule has 2 bridgehead atoms. The summed E-state index contributed by atoms with van der Waals surface area (Å²) in [5.74, 6) is 1.31. The highest BCUT2D eigenvalue weighted by Crippen LogP contribution is 2.85. The fraction of sp³-hybridized carbons (Fsp3) is 0.423. The molecule has 0 radical (unpaired) electrons. The van der Waals surface area contributed by atoms with Gasteiger partial charge in [0.1, 0.15) is 5.58 Å². The van der Waals surface area contributed by atoms with Crippen molar-refractivity contribution in [2.45, 2.75) is 49.1 Å². The molecule has 1 spiro atoms. The summed E-state index contributed by atoms with van der Waals surface area (Å²) in [6.07, 6.45) is 6.68. The second kappa shape index (κ2) is 6.13. The van der Waals surface area contributed by atoms with Gasteiger partial charge >= 0.3 is 6.03 Å². The normalized spacial score (nSPS) is 31.6. The average molecular weight is 475 g/mol. The van der Waals surface area contributed by atoms with Crippen molar-refractivity contribution in [3.63, 3.8) is 0 Å². The zero-order valence-electron chi connectivity index (χ0n) is 18.4. The van der Waals surface area contributed by atoms with Crippen molar-refractivity contribution in [1.82, 2.24) is 15.2 Å². The SMILES string of the molecule is O=C1Nc2c(Cl)cc3cc(C(=O)N4C[C@H]5[C@H]6C4[C@@]65c4ccccn4)oc3c2C2(CCCCC2)N1. The first-order valence-corrected chi connectivity index (χ1v) is 12.5. The maximum Gasteiger partial charge on any atom is 0.319 e. The van der Waals surface area contributed by atoms with Crippen LogP contribution in [0.4, 0.5) is 10.5 Å². The minimum Gasteiger partial charge on any atom is -0.450 e. The summed E-state index contributed by atoms with van der Waals surface area (Å²) in [5, 5.41) is 7.33. The van der Waals surface area contributed by atoms with Crippen molar-refractivity contribution >= 4 is 40.2 Å². The average Bonchev–Trinajstić information content (AvgIpc) is 3.42. The number of nitrogens with zero attached hydrogens (tertiary/aromatic N) is 2. The second-order valence-electron chi connectivity index (χ2n) is 10.5. The summed E-state index contributed by atoms with van der Waals surface area (Å²) in [7, 11) is 0. The Morgan fingerprint density at radius 2 is 2.06 bits per heavy atom. The van der Waals surface area contributed by atoms with Crippen LogP contribution in [0, 0.1) is 11.8 Å². The molecule has 6 aliphatic rings. The lowest BCUT2D eigenvalue weighted by Gasteiger charge is -2.42. The third kappa shape index (κ3) is 2.17. The van der Waals surface area contributed by atoms with E-state index in [0.29, 0.717) is 33.9 Å². The van der Waals surface area contributed by atoms with Gasteiger partial charge in [-0.15, -0.1) is 0 Å². The fourth-order valence-corrected chi connectivity index (χ4v) is 7.82. The quantitative estimate of drug-likeness (QED) is 0.558. The van der Waals surface area contributed by atoms with Crippen molar-refractivity contribution in [2.24, 2.45) is 11.8 Å². The van der Waals surface area contributed by atoms with E-state index in [1.807, 2.05) is 29.3 Å². The van der Waals surface area contributed by atoms with Gasteiger partial charge in [-0.05, 0) is 48.9 Å². The lowest BCUT2D eigenvalue weighted by atomic mass is 9.74. The molecular weight excluding hydrogens is 452 g/mol. The predicted molar refractivity (Wildman–Crippen MR) is 126 cm³/mol. The van der Waals surface area contributed by atoms with Crippen molar-refractivity contribution < 1.29 is 14.0 Å². The zero-order chi connectivity index (χ0) is 22.8. The number of rotatable bonds is 2. The van der Waals surface area contributed by atoms with Gasteiger partial charge in [0.2, 0.25) is 0 Å². The van der Waals surface area contributed by atoms with E-state index in [2.05, 4.69) is 21.7 Å². The van der Waals surface area contributed by atoms with Crippen LogP contribution in [-0.4, -0.2) is 34.4 Å². The second-order valence-corrected chi connectivity index (χ2v) is 10.9. The molecule has 4 atom stereocenters. The van der Waals surface area contributed by atoms with Gasteiger partial charge in [-0.1, -0.05) is 36.9 Å². The standard InChI is InChI=1S/C26H23ClN4O3/c27-15-10-13-11-16(23(32)31-12-14-18-22(31)26(14,18)17-6-2-5-9-28-17)34-21(13)19-20(15)29-24(33)30-25(19)7-3-1-4-8-25/h2,5-6,9-11,14,18,22H,1,3-4,7-8,12H2,(H2,29,30,33)/t14-,18-,22?,26-/m0/s1. The molecule has 8 heteroatoms. The van der Waals surface area contributed by atoms with Crippen LogP contribution in [0.1, 0.15) is 53.9 Å². The van der Waals surface area contributed by atoms with E-state index in [0.717, 1.165) is 55.3 Å². The number of aromatic nitrogens is 1. The molecule has 2 saturated heterocycles. The number of fused-ring (bicyclic) bond motifs is 5. The van der Waals surface area contributed by atoms with Crippen LogP contribution in [0.25, 0.3) is 11.0 Å². The molecule has 9 rings (SSSR count). The van der Waals surface area contributed by atoms with Crippen LogP contribution in [0.15, 0.2) is 40.9 Å². The van der Waals surface area contributed by atoms with Crippen molar-refractivity contribution in [3.8, 4) is 0 Å². The number of carbonyl (C=O) groups excluding carboxylic acids is 2. The Kier molecular flexibility index (Phi) is 3.48. The first kappa shape index (κ1) is 19.3. The lowest BCUT2D eigenvalue weighted by Crippen LogP contribution is -2.52. The zero-order valence-corrected chi connectivity index (χ0v) is 19.2. The Bertz CT molecular complexity index is 1410. The topological polar surface area (TPSA) is 87.5 Å². The lowest BCUT2D eigenvalue weighted by molar-refractivity contribution is 0.0750. The minimum absolute atomic E-state index is 0.0613. The van der Waals surface area contributed by atoms with Gasteiger partial charge < -0.3 is 20.0 Å². The van der Waals surface area contributed by atoms with Crippen LogP contribution in [-0.2, 0) is 11.0 Å². The minimum atomic E-state index is -0.514. The van der Waals surface area contributed by atoms with Crippen LogP contribution in [0.2, 0.25) is 5.02 Å². The Morgan fingerprint density at radius 1 is 1.21 bits per heavy atom. The van der Waals surface area contributed by atoms with Gasteiger partial charge in [0.25, 0.3) is 5.91 Å². The number of urea groups is 1. The molecule has 3 saturated carbocycles. The summed E-state index contributed by atoms with van der Waals surface area (Å²) in [6.45, 7) is 0.752. The van der Waals surface area contributed by atoms with Gasteiger partial charge in [0, 0.05) is 40.8 Å². The number of carbonyl (C=O) groups is 2. The number of anilines is 1. The van der Waals surface area contributed by atoms with E-state index >= 15 is 0 Å². The predicted octanol–water partition coefficient (Wildman–Crippen LogP) is 4.80. The molecule has 5 heterocycles. The number of nitrogens with one attached hydrogen (secondary N) is 2. The number of furan rings is 1. The van der Waals surface area contributed by atoms with E-state index in [4.69, 9.17) is 16.0 Å².